The maximum absolute atomic E-state index is 12.1. The molecule has 0 radical (unpaired) electrons. The number of carbonyl (C=O) groups excluding carboxylic acids is 1. The molecule has 2 rings (SSSR count). The van der Waals surface area contributed by atoms with Gasteiger partial charge in [0.25, 0.3) is 5.91 Å². The van der Waals surface area contributed by atoms with Gasteiger partial charge in [0.15, 0.2) is 0 Å². The Morgan fingerprint density at radius 2 is 1.75 bits per heavy atom. The van der Waals surface area contributed by atoms with Gasteiger partial charge < -0.3 is 10.1 Å². The zero-order chi connectivity index (χ0) is 17.5. The molecule has 0 saturated carbocycles. The summed E-state index contributed by atoms with van der Waals surface area (Å²) in [6.07, 6.45) is 0. The van der Waals surface area contributed by atoms with Gasteiger partial charge in [-0.1, -0.05) is 11.6 Å². The summed E-state index contributed by atoms with van der Waals surface area (Å²) >= 11 is 5.84. The molecule has 5 nitrogen and oxygen atoms in total. The van der Waals surface area contributed by atoms with Gasteiger partial charge in [-0.2, -0.15) is 5.10 Å². The Bertz CT molecular complexity index is 712. The smallest absolute Gasteiger partial charge is 0.262 e. The molecular weight excluding hydrogens is 326 g/mol. The molecule has 0 aliphatic heterocycles. The normalized spacial score (nSPS) is 12.4. The number of hydrogen-bond acceptors (Lipinski definition) is 4. The van der Waals surface area contributed by atoms with E-state index in [0.29, 0.717) is 10.7 Å². The topological polar surface area (TPSA) is 62.7 Å². The van der Waals surface area contributed by atoms with Gasteiger partial charge in [-0.15, -0.1) is 0 Å². The molecule has 2 N–H and O–H groups in total. The first-order valence-corrected chi connectivity index (χ1v) is 7.88. The zero-order valence-corrected chi connectivity index (χ0v) is 14.6. The zero-order valence-electron chi connectivity index (χ0n) is 13.8. The van der Waals surface area contributed by atoms with E-state index < -0.39 is 6.04 Å². The van der Waals surface area contributed by atoms with E-state index in [1.165, 1.54) is 0 Å². The Kier molecular flexibility index (Phi) is 6.21. The van der Waals surface area contributed by atoms with Crippen LogP contribution in [-0.4, -0.2) is 24.8 Å². The van der Waals surface area contributed by atoms with E-state index in [9.17, 15) is 4.79 Å². The van der Waals surface area contributed by atoms with Crippen LogP contribution in [0.25, 0.3) is 0 Å². The first-order valence-electron chi connectivity index (χ1n) is 7.50. The van der Waals surface area contributed by atoms with Gasteiger partial charge in [0.05, 0.1) is 12.8 Å². The second kappa shape index (κ2) is 8.36. The number of carbonyl (C=O) groups is 1. The number of nitrogens with one attached hydrogen (secondary N) is 2. The van der Waals surface area contributed by atoms with E-state index in [2.05, 4.69) is 15.8 Å². The Hall–Kier alpha value is -2.53. The lowest BCUT2D eigenvalue weighted by molar-refractivity contribution is -0.121. The molecule has 2 aromatic rings. The fraction of sp³-hybridized carbons (Fsp3) is 0.222. The van der Waals surface area contributed by atoms with Crippen molar-refractivity contribution in [3.8, 4) is 5.75 Å². The molecule has 0 aliphatic rings. The minimum atomic E-state index is -0.432. The van der Waals surface area contributed by atoms with E-state index in [4.69, 9.17) is 16.3 Å². The van der Waals surface area contributed by atoms with E-state index in [-0.39, 0.29) is 5.91 Å². The Morgan fingerprint density at radius 1 is 1.12 bits per heavy atom. The van der Waals surface area contributed by atoms with Gasteiger partial charge in [-0.05, 0) is 67.9 Å². The second-order valence-corrected chi connectivity index (χ2v) is 5.71. The molecule has 1 atom stereocenters. The monoisotopic (exact) mass is 345 g/mol. The Balaban J connectivity index is 1.93. The van der Waals surface area contributed by atoms with E-state index >= 15 is 0 Å². The van der Waals surface area contributed by atoms with Crippen LogP contribution in [0.4, 0.5) is 5.69 Å². The number of methoxy groups -OCH3 is 1. The number of ether oxygens (including phenoxy) is 1. The maximum Gasteiger partial charge on any atom is 0.262 e. The molecule has 0 bridgehead atoms. The van der Waals surface area contributed by atoms with Crippen molar-refractivity contribution in [1.82, 2.24) is 5.43 Å². The summed E-state index contributed by atoms with van der Waals surface area (Å²) in [4.78, 5) is 12.1. The molecule has 0 spiro atoms. The second-order valence-electron chi connectivity index (χ2n) is 5.27. The van der Waals surface area contributed by atoms with Crippen LogP contribution in [0.15, 0.2) is 53.6 Å². The van der Waals surface area contributed by atoms with Crippen molar-refractivity contribution in [1.29, 1.82) is 0 Å². The first-order chi connectivity index (χ1) is 11.5. The lowest BCUT2D eigenvalue weighted by atomic mass is 10.1. The summed E-state index contributed by atoms with van der Waals surface area (Å²) in [7, 11) is 1.62. The predicted octanol–water partition coefficient (Wildman–Crippen LogP) is 3.69. The Morgan fingerprint density at radius 3 is 2.33 bits per heavy atom. The van der Waals surface area contributed by atoms with Crippen molar-refractivity contribution < 1.29 is 9.53 Å². The highest BCUT2D eigenvalue weighted by Crippen LogP contribution is 2.14. The van der Waals surface area contributed by atoms with Gasteiger partial charge in [-0.3, -0.25) is 4.79 Å². The van der Waals surface area contributed by atoms with Gasteiger partial charge in [0.1, 0.15) is 11.8 Å². The number of hydrazone groups is 1. The molecule has 126 valence electrons. The molecule has 0 saturated heterocycles. The molecule has 2 aromatic carbocycles. The number of benzene rings is 2. The fourth-order valence-corrected chi connectivity index (χ4v) is 2.12. The SMILES string of the molecule is COc1ccc(C(C)=NNC(=O)[C@H](C)Nc2ccc(Cl)cc2)cc1. The summed E-state index contributed by atoms with van der Waals surface area (Å²) in [5, 5.41) is 7.88. The molecule has 0 fully saturated rings. The third-order valence-electron chi connectivity index (χ3n) is 3.46. The number of rotatable bonds is 6. The maximum atomic E-state index is 12.1. The lowest BCUT2D eigenvalue weighted by Crippen LogP contribution is -2.35. The van der Waals surface area contributed by atoms with E-state index in [0.717, 1.165) is 17.0 Å². The number of hydrogen-bond donors (Lipinski definition) is 2. The average molecular weight is 346 g/mol. The van der Waals surface area contributed by atoms with Crippen molar-refractivity contribution in [2.45, 2.75) is 19.9 Å². The lowest BCUT2D eigenvalue weighted by Gasteiger charge is -2.14. The van der Waals surface area contributed by atoms with Crippen molar-refractivity contribution >= 4 is 28.9 Å². The molecule has 0 aliphatic carbocycles. The molecule has 0 unspecified atom stereocenters. The third kappa shape index (κ3) is 4.99. The van der Waals surface area contributed by atoms with Gasteiger partial charge in [-0.25, -0.2) is 5.43 Å². The van der Waals surface area contributed by atoms with Crippen molar-refractivity contribution in [2.24, 2.45) is 5.10 Å². The molecule has 24 heavy (non-hydrogen) atoms. The fourth-order valence-electron chi connectivity index (χ4n) is 1.99. The van der Waals surface area contributed by atoms with Crippen LogP contribution in [-0.2, 0) is 4.79 Å². The minimum absolute atomic E-state index is 0.224. The highest BCUT2D eigenvalue weighted by atomic mass is 35.5. The van der Waals surface area contributed by atoms with Crippen molar-refractivity contribution in [3.05, 3.63) is 59.1 Å². The largest absolute Gasteiger partial charge is 0.497 e. The van der Waals surface area contributed by atoms with Crippen LogP contribution in [0, 0.1) is 0 Å². The van der Waals surface area contributed by atoms with Crippen LogP contribution in [0.1, 0.15) is 19.4 Å². The van der Waals surface area contributed by atoms with Crippen LogP contribution < -0.4 is 15.5 Å². The third-order valence-corrected chi connectivity index (χ3v) is 3.71. The summed E-state index contributed by atoms with van der Waals surface area (Å²) in [5.41, 5.74) is 5.01. The van der Waals surface area contributed by atoms with Crippen LogP contribution in [0.5, 0.6) is 5.75 Å². The van der Waals surface area contributed by atoms with Crippen LogP contribution in [0.3, 0.4) is 0 Å². The van der Waals surface area contributed by atoms with E-state index in [1.807, 2.05) is 43.3 Å². The average Bonchev–Trinajstić information content (AvgIpc) is 2.61. The first kappa shape index (κ1) is 17.8. The summed E-state index contributed by atoms with van der Waals surface area (Å²) in [5.74, 6) is 0.550. The summed E-state index contributed by atoms with van der Waals surface area (Å²) in [6.45, 7) is 3.60. The molecule has 6 heteroatoms. The van der Waals surface area contributed by atoms with Crippen LogP contribution in [0.2, 0.25) is 5.02 Å². The predicted molar refractivity (Wildman–Crippen MR) is 97.9 cm³/mol. The molecule has 1 amide bonds. The number of anilines is 1. The van der Waals surface area contributed by atoms with Gasteiger partial charge >= 0.3 is 0 Å². The number of amides is 1. The molecule has 0 aromatic heterocycles. The summed E-state index contributed by atoms with van der Waals surface area (Å²) < 4.78 is 5.12. The van der Waals surface area contributed by atoms with Crippen LogP contribution >= 0.6 is 11.6 Å². The standard InChI is InChI=1S/C18H20ClN3O2/c1-12(14-4-10-17(24-3)11-5-14)21-22-18(23)13(2)20-16-8-6-15(19)7-9-16/h4-11,13,20H,1-3H3,(H,22,23)/t13-/m0/s1. The van der Waals surface area contributed by atoms with Crippen molar-refractivity contribution in [3.63, 3.8) is 0 Å². The van der Waals surface area contributed by atoms with E-state index in [1.54, 1.807) is 26.2 Å². The quantitative estimate of drug-likeness (QED) is 0.620. The number of halogens is 1. The Labute approximate surface area is 146 Å². The summed E-state index contributed by atoms with van der Waals surface area (Å²) in [6, 6.07) is 14.2. The molecule has 0 heterocycles. The van der Waals surface area contributed by atoms with Gasteiger partial charge in [0, 0.05) is 10.7 Å². The number of nitrogens with zero attached hydrogens (tertiary/aromatic N) is 1. The highest BCUT2D eigenvalue weighted by molar-refractivity contribution is 6.30. The van der Waals surface area contributed by atoms with Crippen molar-refractivity contribution in [2.75, 3.05) is 12.4 Å². The minimum Gasteiger partial charge on any atom is -0.497 e. The molecular formula is C18H20ClN3O2. The van der Waals surface area contributed by atoms with Gasteiger partial charge in [0.2, 0.25) is 0 Å². The highest BCUT2D eigenvalue weighted by Gasteiger charge is 2.12.